The third-order valence-electron chi connectivity index (χ3n) is 1.87. The minimum absolute atomic E-state index is 0.0555. The predicted octanol–water partition coefficient (Wildman–Crippen LogP) is 0.810. The molecule has 0 fully saturated rings. The van der Waals surface area contributed by atoms with Crippen molar-refractivity contribution in [2.24, 2.45) is 0 Å². The largest absolute Gasteiger partial charge is 0.347 e. The molecule has 1 N–H and O–H groups in total. The van der Waals surface area contributed by atoms with Crippen LogP contribution in [0, 0.1) is 0 Å². The second-order valence-electron chi connectivity index (χ2n) is 3.86. The van der Waals surface area contributed by atoms with Crippen LogP contribution in [0.15, 0.2) is 12.4 Å². The Bertz CT molecular complexity index is 352. The minimum Gasteiger partial charge on any atom is -0.347 e. The van der Waals surface area contributed by atoms with Gasteiger partial charge in [-0.2, -0.15) is 0 Å². The Hall–Kier alpha value is -1.20. The van der Waals surface area contributed by atoms with Crippen molar-refractivity contribution in [3.05, 3.63) is 23.2 Å². The summed E-state index contributed by atoms with van der Waals surface area (Å²) in [5.74, 6) is -0.237. The second-order valence-corrected chi connectivity index (χ2v) is 4.25. The molecule has 5 nitrogen and oxygen atoms in total. The topological polar surface area (TPSA) is 58.1 Å². The maximum absolute atomic E-state index is 11.7. The van der Waals surface area contributed by atoms with E-state index in [9.17, 15) is 4.79 Å². The molecule has 0 aliphatic rings. The Kier molecular flexibility index (Phi) is 4.64. The molecule has 0 saturated heterocycles. The number of hydrogen-bond acceptors (Lipinski definition) is 4. The molecule has 16 heavy (non-hydrogen) atoms. The number of halogens is 1. The van der Waals surface area contributed by atoms with Crippen LogP contribution in [-0.2, 0) is 0 Å². The highest BCUT2D eigenvalue weighted by Gasteiger charge is 2.11. The molecule has 0 saturated carbocycles. The molecular weight excluding hydrogens is 228 g/mol. The molecule has 0 spiro atoms. The van der Waals surface area contributed by atoms with E-state index in [-0.39, 0.29) is 22.8 Å². The molecule has 88 valence electrons. The normalized spacial score (nSPS) is 12.6. The lowest BCUT2D eigenvalue weighted by atomic mass is 10.3. The smallest absolute Gasteiger partial charge is 0.271 e. The summed E-state index contributed by atoms with van der Waals surface area (Å²) in [5.41, 5.74) is 0.273. The van der Waals surface area contributed by atoms with Gasteiger partial charge in [0.2, 0.25) is 0 Å². The molecular formula is C10H15ClN4O. The van der Waals surface area contributed by atoms with Crippen LogP contribution < -0.4 is 5.32 Å². The number of likely N-dealkylation sites (N-methyl/N-ethyl adjacent to an activating group) is 1. The minimum atomic E-state index is -0.237. The van der Waals surface area contributed by atoms with Crippen LogP contribution in [-0.4, -0.2) is 47.5 Å². The third-order valence-corrected chi connectivity index (χ3v) is 2.06. The van der Waals surface area contributed by atoms with Gasteiger partial charge < -0.3 is 10.2 Å². The summed E-state index contributed by atoms with van der Waals surface area (Å²) in [6, 6.07) is 0.0555. The fourth-order valence-electron chi connectivity index (χ4n) is 1.32. The van der Waals surface area contributed by atoms with E-state index in [1.54, 1.807) is 0 Å². The van der Waals surface area contributed by atoms with Gasteiger partial charge in [-0.05, 0) is 21.0 Å². The summed E-state index contributed by atoms with van der Waals surface area (Å²) in [5, 5.41) is 3.10. The summed E-state index contributed by atoms with van der Waals surface area (Å²) in [7, 11) is 3.90. The number of aromatic nitrogens is 2. The van der Waals surface area contributed by atoms with E-state index in [1.165, 1.54) is 12.4 Å². The average Bonchev–Trinajstić information content (AvgIpc) is 2.16. The highest BCUT2D eigenvalue weighted by Crippen LogP contribution is 2.01. The first-order valence-corrected chi connectivity index (χ1v) is 5.30. The van der Waals surface area contributed by atoms with Gasteiger partial charge in [0.25, 0.3) is 5.91 Å². The predicted molar refractivity (Wildman–Crippen MR) is 62.5 cm³/mol. The standard InChI is InChI=1S/C10H15ClN4O/c1-7(6-15(2)3)14-10(16)8-4-13-9(11)5-12-8/h4-5,7H,6H2,1-3H3,(H,14,16). The van der Waals surface area contributed by atoms with Crippen molar-refractivity contribution in [3.63, 3.8) is 0 Å². The van der Waals surface area contributed by atoms with E-state index in [0.29, 0.717) is 0 Å². The number of nitrogens with zero attached hydrogens (tertiary/aromatic N) is 3. The van der Waals surface area contributed by atoms with Crippen molar-refractivity contribution in [2.75, 3.05) is 20.6 Å². The first-order chi connectivity index (χ1) is 7.49. The summed E-state index contributed by atoms with van der Waals surface area (Å²) >= 11 is 5.58. The van der Waals surface area contributed by atoms with Crippen molar-refractivity contribution in [1.82, 2.24) is 20.2 Å². The van der Waals surface area contributed by atoms with Crippen LogP contribution in [0.2, 0.25) is 5.15 Å². The molecule has 1 heterocycles. The van der Waals surface area contributed by atoms with E-state index < -0.39 is 0 Å². The summed E-state index contributed by atoms with van der Waals surface area (Å²) in [6.45, 7) is 2.70. The fourth-order valence-corrected chi connectivity index (χ4v) is 1.42. The summed E-state index contributed by atoms with van der Waals surface area (Å²) in [4.78, 5) is 21.4. The van der Waals surface area contributed by atoms with Crippen LogP contribution in [0.1, 0.15) is 17.4 Å². The molecule has 0 aliphatic heterocycles. The molecule has 1 aromatic heterocycles. The zero-order chi connectivity index (χ0) is 12.1. The first-order valence-electron chi connectivity index (χ1n) is 4.92. The Labute approximate surface area is 99.8 Å². The Morgan fingerprint density at radius 2 is 2.19 bits per heavy atom. The van der Waals surface area contributed by atoms with Gasteiger partial charge in [-0.25, -0.2) is 9.97 Å². The molecule has 0 aromatic carbocycles. The van der Waals surface area contributed by atoms with Crippen molar-refractivity contribution in [3.8, 4) is 0 Å². The maximum atomic E-state index is 11.7. The molecule has 1 amide bonds. The Morgan fingerprint density at radius 3 is 2.69 bits per heavy atom. The number of nitrogens with one attached hydrogen (secondary N) is 1. The van der Waals surface area contributed by atoms with E-state index >= 15 is 0 Å². The number of carbonyl (C=O) groups is 1. The lowest BCUT2D eigenvalue weighted by Gasteiger charge is -2.17. The van der Waals surface area contributed by atoms with Gasteiger partial charge in [0.15, 0.2) is 0 Å². The quantitative estimate of drug-likeness (QED) is 0.849. The number of carbonyl (C=O) groups excluding carboxylic acids is 1. The van der Waals surface area contributed by atoms with Crippen LogP contribution in [0.3, 0.4) is 0 Å². The maximum Gasteiger partial charge on any atom is 0.271 e. The van der Waals surface area contributed by atoms with Gasteiger partial charge >= 0.3 is 0 Å². The fraction of sp³-hybridized carbons (Fsp3) is 0.500. The molecule has 6 heteroatoms. The van der Waals surface area contributed by atoms with E-state index in [2.05, 4.69) is 15.3 Å². The van der Waals surface area contributed by atoms with Crippen LogP contribution in [0.5, 0.6) is 0 Å². The van der Waals surface area contributed by atoms with Gasteiger partial charge in [-0.15, -0.1) is 0 Å². The van der Waals surface area contributed by atoms with Crippen molar-refractivity contribution in [1.29, 1.82) is 0 Å². The number of hydrogen-bond donors (Lipinski definition) is 1. The first kappa shape index (κ1) is 12.9. The number of rotatable bonds is 4. The van der Waals surface area contributed by atoms with E-state index in [4.69, 9.17) is 11.6 Å². The van der Waals surface area contributed by atoms with E-state index in [0.717, 1.165) is 6.54 Å². The molecule has 1 rings (SSSR count). The molecule has 0 bridgehead atoms. The lowest BCUT2D eigenvalue weighted by molar-refractivity contribution is 0.0929. The van der Waals surface area contributed by atoms with Crippen molar-refractivity contribution in [2.45, 2.75) is 13.0 Å². The van der Waals surface area contributed by atoms with Gasteiger partial charge in [0.1, 0.15) is 10.8 Å². The second kappa shape index (κ2) is 5.77. The van der Waals surface area contributed by atoms with Crippen molar-refractivity contribution < 1.29 is 4.79 Å². The number of amides is 1. The zero-order valence-electron chi connectivity index (χ0n) is 9.57. The summed E-state index contributed by atoms with van der Waals surface area (Å²) < 4.78 is 0. The lowest BCUT2D eigenvalue weighted by Crippen LogP contribution is -2.39. The molecule has 1 unspecified atom stereocenters. The Balaban J connectivity index is 2.55. The highest BCUT2D eigenvalue weighted by molar-refractivity contribution is 6.29. The third kappa shape index (κ3) is 4.12. The van der Waals surface area contributed by atoms with Crippen molar-refractivity contribution >= 4 is 17.5 Å². The van der Waals surface area contributed by atoms with Crippen LogP contribution >= 0.6 is 11.6 Å². The molecule has 0 aliphatic carbocycles. The zero-order valence-corrected chi connectivity index (χ0v) is 10.3. The van der Waals surface area contributed by atoms with Gasteiger partial charge in [0.05, 0.1) is 12.4 Å². The van der Waals surface area contributed by atoms with Gasteiger partial charge in [0, 0.05) is 12.6 Å². The molecule has 1 atom stereocenters. The molecule has 0 radical (unpaired) electrons. The van der Waals surface area contributed by atoms with Gasteiger partial charge in [-0.3, -0.25) is 4.79 Å². The van der Waals surface area contributed by atoms with E-state index in [1.807, 2.05) is 25.9 Å². The van der Waals surface area contributed by atoms with Gasteiger partial charge in [-0.1, -0.05) is 11.6 Å². The highest BCUT2D eigenvalue weighted by atomic mass is 35.5. The summed E-state index contributed by atoms with van der Waals surface area (Å²) in [6.07, 6.45) is 2.72. The van der Waals surface area contributed by atoms with Crippen LogP contribution in [0.4, 0.5) is 0 Å². The van der Waals surface area contributed by atoms with Crippen LogP contribution in [0.25, 0.3) is 0 Å². The molecule has 1 aromatic rings. The average molecular weight is 243 g/mol. The SMILES string of the molecule is CC(CN(C)C)NC(=O)c1cnc(Cl)cn1. The Morgan fingerprint density at radius 1 is 1.50 bits per heavy atom. The monoisotopic (exact) mass is 242 g/mol.